The number of primary amides is 1. The van der Waals surface area contributed by atoms with Crippen molar-refractivity contribution in [1.29, 1.82) is 0 Å². The van der Waals surface area contributed by atoms with Crippen LogP contribution in [0.2, 0.25) is 5.02 Å². The van der Waals surface area contributed by atoms with Crippen molar-refractivity contribution in [3.63, 3.8) is 0 Å². The number of nitrogens with zero attached hydrogens (tertiary/aromatic N) is 2. The van der Waals surface area contributed by atoms with Crippen LogP contribution < -0.4 is 5.73 Å². The normalized spacial score (nSPS) is 10.9. The van der Waals surface area contributed by atoms with E-state index in [0.29, 0.717) is 23.3 Å². The third-order valence-electron chi connectivity index (χ3n) is 3.95. The third-order valence-corrected chi connectivity index (χ3v) is 5.04. The fourth-order valence-electron chi connectivity index (χ4n) is 2.59. The second-order valence-corrected chi connectivity index (χ2v) is 7.41. The molecule has 2 amide bonds. The Bertz CT molecular complexity index is 945. The molecule has 0 spiro atoms. The third kappa shape index (κ3) is 5.48. The van der Waals surface area contributed by atoms with Crippen molar-refractivity contribution in [3.05, 3.63) is 59.1 Å². The molecular weight excluding hydrogens is 384 g/mol. The van der Waals surface area contributed by atoms with E-state index < -0.39 is 5.91 Å². The molecule has 0 saturated heterocycles. The Morgan fingerprint density at radius 1 is 1.19 bits per heavy atom. The van der Waals surface area contributed by atoms with Crippen molar-refractivity contribution in [2.45, 2.75) is 18.1 Å². The number of aromatic nitrogens is 2. The van der Waals surface area contributed by atoms with Gasteiger partial charge in [0.05, 0.1) is 16.8 Å². The highest BCUT2D eigenvalue weighted by Gasteiger charge is 2.16. The Kier molecular flexibility index (Phi) is 6.36. The average Bonchev–Trinajstić information content (AvgIpc) is 3.05. The van der Waals surface area contributed by atoms with Gasteiger partial charge in [-0.05, 0) is 23.8 Å². The number of amides is 2. The van der Waals surface area contributed by atoms with Gasteiger partial charge in [0.25, 0.3) is 0 Å². The summed E-state index contributed by atoms with van der Waals surface area (Å²) in [6.07, 6.45) is 0.131. The molecule has 6 nitrogen and oxygen atoms in total. The molecule has 2 aromatic carbocycles. The Morgan fingerprint density at radius 3 is 2.70 bits per heavy atom. The number of aromatic amines is 1. The fourth-order valence-corrected chi connectivity index (χ4v) is 3.55. The molecule has 0 fully saturated rings. The van der Waals surface area contributed by atoms with Crippen molar-refractivity contribution in [3.8, 4) is 0 Å². The highest BCUT2D eigenvalue weighted by atomic mass is 35.5. The average molecular weight is 403 g/mol. The molecule has 3 rings (SSSR count). The smallest absolute Gasteiger partial charge is 0.233 e. The molecule has 0 bridgehead atoms. The zero-order valence-electron chi connectivity index (χ0n) is 14.5. The SMILES string of the molecule is NC(=O)CCN(Cc1ccccc1)C(=O)CSc1nc2ccc(Cl)cc2[nH]1. The van der Waals surface area contributed by atoms with Crippen LogP contribution in [0.1, 0.15) is 12.0 Å². The Labute approximate surface area is 166 Å². The molecule has 1 aromatic heterocycles. The van der Waals surface area contributed by atoms with Crippen LogP contribution in [0, 0.1) is 0 Å². The van der Waals surface area contributed by atoms with E-state index in [-0.39, 0.29) is 18.1 Å². The Balaban J connectivity index is 1.65. The van der Waals surface area contributed by atoms with Crippen molar-refractivity contribution in [2.24, 2.45) is 5.73 Å². The van der Waals surface area contributed by atoms with Gasteiger partial charge in [-0.25, -0.2) is 4.98 Å². The highest BCUT2D eigenvalue weighted by molar-refractivity contribution is 7.99. The summed E-state index contributed by atoms with van der Waals surface area (Å²) in [6, 6.07) is 15.0. The highest BCUT2D eigenvalue weighted by Crippen LogP contribution is 2.22. The minimum Gasteiger partial charge on any atom is -0.370 e. The lowest BCUT2D eigenvalue weighted by Gasteiger charge is -2.22. The molecule has 0 atom stereocenters. The zero-order valence-corrected chi connectivity index (χ0v) is 16.1. The number of nitrogens with two attached hydrogens (primary N) is 1. The summed E-state index contributed by atoms with van der Waals surface area (Å²) in [5, 5.41) is 1.27. The standard InChI is InChI=1S/C19H19ClN4O2S/c20-14-6-7-15-16(10-14)23-19(22-15)27-12-18(26)24(9-8-17(21)25)11-13-4-2-1-3-5-13/h1-7,10H,8-9,11-12H2,(H2,21,25)(H,22,23). The molecule has 0 aliphatic rings. The number of H-pyrrole nitrogens is 1. The van der Waals surface area contributed by atoms with Gasteiger partial charge >= 0.3 is 0 Å². The summed E-state index contributed by atoms with van der Waals surface area (Å²) in [6.45, 7) is 0.725. The summed E-state index contributed by atoms with van der Waals surface area (Å²) < 4.78 is 0. The van der Waals surface area contributed by atoms with Gasteiger partial charge in [0, 0.05) is 24.5 Å². The maximum absolute atomic E-state index is 12.7. The molecule has 0 unspecified atom stereocenters. The molecule has 0 radical (unpaired) electrons. The number of hydrogen-bond acceptors (Lipinski definition) is 4. The molecule has 8 heteroatoms. The Morgan fingerprint density at radius 2 is 1.96 bits per heavy atom. The van der Waals surface area contributed by atoms with Gasteiger partial charge in [-0.1, -0.05) is 53.7 Å². The number of hydrogen-bond donors (Lipinski definition) is 2. The number of rotatable bonds is 8. The predicted molar refractivity (Wildman–Crippen MR) is 107 cm³/mol. The maximum Gasteiger partial charge on any atom is 0.233 e. The van der Waals surface area contributed by atoms with Crippen LogP contribution in [0.3, 0.4) is 0 Å². The first-order valence-corrected chi connectivity index (χ1v) is 9.75. The summed E-state index contributed by atoms with van der Waals surface area (Å²) in [5.41, 5.74) is 7.87. The largest absolute Gasteiger partial charge is 0.370 e. The molecule has 3 N–H and O–H groups in total. The van der Waals surface area contributed by atoms with E-state index in [2.05, 4.69) is 9.97 Å². The number of thioether (sulfide) groups is 1. The van der Waals surface area contributed by atoms with E-state index in [1.165, 1.54) is 11.8 Å². The number of imidazole rings is 1. The predicted octanol–water partition coefficient (Wildman–Crippen LogP) is 3.21. The van der Waals surface area contributed by atoms with Crippen LogP contribution in [0.4, 0.5) is 0 Å². The van der Waals surface area contributed by atoms with Gasteiger partial charge in [-0.15, -0.1) is 0 Å². The van der Waals surface area contributed by atoms with Crippen LogP contribution in [0.25, 0.3) is 11.0 Å². The zero-order chi connectivity index (χ0) is 19.2. The minimum atomic E-state index is -0.428. The second kappa shape index (κ2) is 8.92. The fraction of sp³-hybridized carbons (Fsp3) is 0.211. The summed E-state index contributed by atoms with van der Waals surface area (Å²) in [5.74, 6) is -0.301. The van der Waals surface area contributed by atoms with E-state index in [9.17, 15) is 9.59 Å². The van der Waals surface area contributed by atoms with Crippen LogP contribution in [-0.2, 0) is 16.1 Å². The van der Waals surface area contributed by atoms with E-state index in [4.69, 9.17) is 17.3 Å². The number of nitrogens with one attached hydrogen (secondary N) is 1. The molecule has 0 aliphatic carbocycles. The van der Waals surface area contributed by atoms with Gasteiger partial charge < -0.3 is 15.6 Å². The molecule has 27 heavy (non-hydrogen) atoms. The Hall–Kier alpha value is -2.51. The van der Waals surface area contributed by atoms with Crippen LogP contribution in [0.5, 0.6) is 0 Å². The first kappa shape index (κ1) is 19.3. The molecule has 140 valence electrons. The lowest BCUT2D eigenvalue weighted by atomic mass is 10.2. The van der Waals surface area contributed by atoms with Gasteiger partial charge in [-0.3, -0.25) is 9.59 Å². The number of carbonyl (C=O) groups excluding carboxylic acids is 2. The van der Waals surface area contributed by atoms with E-state index in [1.807, 2.05) is 36.4 Å². The van der Waals surface area contributed by atoms with Gasteiger partial charge in [0.1, 0.15) is 0 Å². The van der Waals surface area contributed by atoms with E-state index in [1.54, 1.807) is 17.0 Å². The first-order chi connectivity index (χ1) is 13.0. The molecule has 3 aromatic rings. The maximum atomic E-state index is 12.7. The quantitative estimate of drug-likeness (QED) is 0.566. The van der Waals surface area contributed by atoms with E-state index >= 15 is 0 Å². The minimum absolute atomic E-state index is 0.0800. The monoisotopic (exact) mass is 402 g/mol. The van der Waals surface area contributed by atoms with Crippen molar-refractivity contribution >= 4 is 46.2 Å². The van der Waals surface area contributed by atoms with Crippen LogP contribution >= 0.6 is 23.4 Å². The van der Waals surface area contributed by atoms with Crippen molar-refractivity contribution < 1.29 is 9.59 Å². The van der Waals surface area contributed by atoms with Crippen molar-refractivity contribution in [1.82, 2.24) is 14.9 Å². The summed E-state index contributed by atoms with van der Waals surface area (Å²) in [7, 11) is 0. The molecule has 0 saturated carbocycles. The van der Waals surface area contributed by atoms with Crippen LogP contribution in [-0.4, -0.2) is 39.0 Å². The van der Waals surface area contributed by atoms with Crippen LogP contribution in [0.15, 0.2) is 53.7 Å². The number of benzene rings is 2. The van der Waals surface area contributed by atoms with E-state index in [0.717, 1.165) is 16.6 Å². The number of halogens is 1. The lowest BCUT2D eigenvalue weighted by Crippen LogP contribution is -2.34. The van der Waals surface area contributed by atoms with Gasteiger partial charge in [0.15, 0.2) is 5.16 Å². The summed E-state index contributed by atoms with van der Waals surface area (Å²) >= 11 is 7.30. The molecular formula is C19H19ClN4O2S. The first-order valence-electron chi connectivity index (χ1n) is 8.39. The number of carbonyl (C=O) groups is 2. The molecule has 0 aliphatic heterocycles. The van der Waals surface area contributed by atoms with Crippen molar-refractivity contribution in [2.75, 3.05) is 12.3 Å². The second-order valence-electron chi connectivity index (χ2n) is 6.01. The van der Waals surface area contributed by atoms with Gasteiger partial charge in [0.2, 0.25) is 11.8 Å². The molecule has 1 heterocycles. The lowest BCUT2D eigenvalue weighted by molar-refractivity contribution is -0.129. The van der Waals surface area contributed by atoms with Gasteiger partial charge in [-0.2, -0.15) is 0 Å². The number of fused-ring (bicyclic) bond motifs is 1. The topological polar surface area (TPSA) is 92.1 Å². The summed E-state index contributed by atoms with van der Waals surface area (Å²) in [4.78, 5) is 33.1.